The van der Waals surface area contributed by atoms with Crippen molar-refractivity contribution in [2.45, 2.75) is 101 Å². The molecule has 0 aliphatic carbocycles. The molecule has 0 bridgehead atoms. The zero-order valence-electron chi connectivity index (χ0n) is 36.3. The quantitative estimate of drug-likeness (QED) is 0.0739. The maximum atomic E-state index is 11.5. The second-order valence-electron chi connectivity index (χ2n) is 15.4. The van der Waals surface area contributed by atoms with Crippen LogP contribution in [0.5, 0.6) is 0 Å². The molecule has 0 aliphatic rings. The van der Waals surface area contributed by atoms with Gasteiger partial charge in [-0.1, -0.05) is 62.3 Å². The van der Waals surface area contributed by atoms with Crippen molar-refractivity contribution in [1.29, 1.82) is 0 Å². The van der Waals surface area contributed by atoms with Crippen LogP contribution in [-0.2, 0) is 66.4 Å². The van der Waals surface area contributed by atoms with Gasteiger partial charge in [-0.05, 0) is 37.0 Å². The summed E-state index contributed by atoms with van der Waals surface area (Å²) in [5.74, 6) is -0.672. The van der Waals surface area contributed by atoms with Gasteiger partial charge in [0, 0.05) is 21.3 Å². The lowest BCUT2D eigenvalue weighted by molar-refractivity contribution is -0.159. The lowest BCUT2D eigenvalue weighted by atomic mass is 9.90. The van der Waals surface area contributed by atoms with Crippen molar-refractivity contribution >= 4 is 11.9 Å². The Balaban J connectivity index is -0.000000719. The van der Waals surface area contributed by atoms with Crippen molar-refractivity contribution in [1.82, 2.24) is 0 Å². The molecule has 0 aliphatic heterocycles. The zero-order chi connectivity index (χ0) is 41.2. The highest BCUT2D eigenvalue weighted by Crippen LogP contribution is 2.23. The van der Waals surface area contributed by atoms with Gasteiger partial charge in [-0.15, -0.1) is 0 Å². The fraction of sp³-hybridized carbons (Fsp3) is 0.949. The summed E-state index contributed by atoms with van der Waals surface area (Å²) in [7, 11) is 4.88. The van der Waals surface area contributed by atoms with Crippen LogP contribution in [0.4, 0.5) is 0 Å². The maximum Gasteiger partial charge on any atom is 0.332 e. The molecule has 14 heteroatoms. The van der Waals surface area contributed by atoms with Gasteiger partial charge in [0.15, 0.2) is 0 Å². The monoisotopic (exact) mass is 773 g/mol. The van der Waals surface area contributed by atoms with Crippen LogP contribution in [0, 0.1) is 16.2 Å². The van der Waals surface area contributed by atoms with Crippen molar-refractivity contribution in [3.05, 3.63) is 0 Å². The largest absolute Gasteiger partial charge is 0.460 e. The van der Waals surface area contributed by atoms with E-state index in [0.717, 1.165) is 0 Å². The first-order valence-electron chi connectivity index (χ1n) is 18.7. The minimum atomic E-state index is -0.347. The van der Waals surface area contributed by atoms with Crippen molar-refractivity contribution in [3.63, 3.8) is 0 Å². The predicted octanol–water partition coefficient (Wildman–Crippen LogP) is 5.40. The van der Waals surface area contributed by atoms with E-state index in [1.165, 1.54) is 0 Å². The first-order chi connectivity index (χ1) is 24.7. The summed E-state index contributed by atoms with van der Waals surface area (Å²) in [4.78, 5) is 22.8. The Morgan fingerprint density at radius 2 is 0.623 bits per heavy atom. The van der Waals surface area contributed by atoms with Gasteiger partial charge in [0.05, 0.1) is 98.6 Å². The molecule has 53 heavy (non-hydrogen) atoms. The molecule has 0 rings (SSSR count). The first-order valence-corrected chi connectivity index (χ1v) is 18.7. The molecule has 0 aromatic carbocycles. The molecule has 14 nitrogen and oxygen atoms in total. The van der Waals surface area contributed by atoms with Gasteiger partial charge in [0.1, 0.15) is 25.4 Å². The van der Waals surface area contributed by atoms with E-state index in [2.05, 4.69) is 27.7 Å². The standard InChI is InChI=1S/C15H30O6.C13H28O4.C11H22O4/c1-13(15(2,3)4)21-14(16)12-20-11-10-19-9-8-18-7-6-17-5;1-12(13(2,3)4)17-11-10-16-9-8-15-7-6-14-5;1-9(11(2,3)4)15-10(12)8-14-7-6-13-5/h13H,6-12H2,1-5H3;12H,6-11H2,1-5H3;9H,6-8H2,1-5H3/t13-;12-;9-/m111/s1. The van der Waals surface area contributed by atoms with Gasteiger partial charge >= 0.3 is 11.9 Å². The maximum absolute atomic E-state index is 11.5. The van der Waals surface area contributed by atoms with E-state index >= 15 is 0 Å². The normalized spacial score (nSPS) is 13.6. The second kappa shape index (κ2) is 35.0. The fourth-order valence-corrected chi connectivity index (χ4v) is 2.85. The summed E-state index contributed by atoms with van der Waals surface area (Å²) >= 11 is 0. The average Bonchev–Trinajstić information content (AvgIpc) is 3.06. The third-order valence-electron chi connectivity index (χ3n) is 7.72. The van der Waals surface area contributed by atoms with E-state index in [1.807, 2.05) is 55.4 Å². The van der Waals surface area contributed by atoms with Gasteiger partial charge in [-0.2, -0.15) is 0 Å². The summed E-state index contributed by atoms with van der Waals surface area (Å²) in [6.45, 7) is 32.0. The van der Waals surface area contributed by atoms with Crippen LogP contribution in [0.25, 0.3) is 0 Å². The fourth-order valence-electron chi connectivity index (χ4n) is 2.85. The van der Waals surface area contributed by atoms with Crippen LogP contribution in [-0.4, -0.2) is 157 Å². The van der Waals surface area contributed by atoms with Crippen LogP contribution in [0.15, 0.2) is 0 Å². The first kappa shape index (κ1) is 55.9. The SMILES string of the molecule is COCCOCC(=O)O[C@H](C)C(C)(C)C.COCCOCCOCCOCC(=O)O[C@H](C)C(C)(C)C.COCCOCCOCCO[C@H](C)C(C)(C)C. The lowest BCUT2D eigenvalue weighted by Crippen LogP contribution is -2.30. The van der Waals surface area contributed by atoms with E-state index in [4.69, 9.17) is 56.8 Å². The minimum absolute atomic E-state index is 0.0101. The molecule has 0 saturated carbocycles. The average molecular weight is 773 g/mol. The number of hydrogen-bond acceptors (Lipinski definition) is 14. The minimum Gasteiger partial charge on any atom is -0.460 e. The van der Waals surface area contributed by atoms with Crippen LogP contribution in [0.3, 0.4) is 0 Å². The third-order valence-corrected chi connectivity index (χ3v) is 7.72. The lowest BCUT2D eigenvalue weighted by Gasteiger charge is -2.27. The van der Waals surface area contributed by atoms with Crippen molar-refractivity contribution in [2.75, 3.05) is 127 Å². The van der Waals surface area contributed by atoms with Gasteiger partial charge in [-0.25, -0.2) is 9.59 Å². The highest BCUT2D eigenvalue weighted by Gasteiger charge is 2.24. The molecule has 3 atom stereocenters. The van der Waals surface area contributed by atoms with Crippen LogP contribution in [0.1, 0.15) is 83.1 Å². The number of ether oxygens (including phenoxy) is 12. The van der Waals surface area contributed by atoms with E-state index in [1.54, 1.807) is 21.3 Å². The van der Waals surface area contributed by atoms with Crippen molar-refractivity contribution in [2.24, 2.45) is 16.2 Å². The Kier molecular flexibility index (Phi) is 36.9. The Bertz CT molecular complexity index is 820. The van der Waals surface area contributed by atoms with Gasteiger partial charge in [-0.3, -0.25) is 0 Å². The molecule has 0 fully saturated rings. The van der Waals surface area contributed by atoms with E-state index in [-0.39, 0.29) is 59.7 Å². The van der Waals surface area contributed by atoms with Crippen LogP contribution in [0.2, 0.25) is 0 Å². The van der Waals surface area contributed by atoms with E-state index in [9.17, 15) is 9.59 Å². The van der Waals surface area contributed by atoms with Crippen molar-refractivity contribution in [3.8, 4) is 0 Å². The van der Waals surface area contributed by atoms with Gasteiger partial charge in [0.25, 0.3) is 0 Å². The van der Waals surface area contributed by atoms with Crippen LogP contribution >= 0.6 is 0 Å². The summed E-state index contributed by atoms with van der Waals surface area (Å²) < 4.78 is 62.0. The number of esters is 2. The molecule has 0 aromatic heterocycles. The number of carbonyl (C=O) groups is 2. The third kappa shape index (κ3) is 41.5. The second-order valence-corrected chi connectivity index (χ2v) is 15.4. The Labute approximate surface area is 322 Å². The summed E-state index contributed by atoms with van der Waals surface area (Å²) in [6, 6.07) is 0. The molecule has 0 spiro atoms. The van der Waals surface area contributed by atoms with Crippen LogP contribution < -0.4 is 0 Å². The molecule has 0 N–H and O–H groups in total. The van der Waals surface area contributed by atoms with E-state index < -0.39 is 0 Å². The molecule has 0 radical (unpaired) electrons. The highest BCUT2D eigenvalue weighted by molar-refractivity contribution is 5.71. The van der Waals surface area contributed by atoms with Crippen molar-refractivity contribution < 1.29 is 66.4 Å². The molecule has 0 saturated heterocycles. The summed E-state index contributed by atoms with van der Waals surface area (Å²) in [5, 5.41) is 0. The number of hydrogen-bond donors (Lipinski definition) is 0. The molecule has 320 valence electrons. The molecule has 0 unspecified atom stereocenters. The summed E-state index contributed by atoms with van der Waals surface area (Å²) in [5.41, 5.74) is 0.0764. The number of rotatable bonds is 28. The predicted molar refractivity (Wildman–Crippen MR) is 205 cm³/mol. The van der Waals surface area contributed by atoms with E-state index in [0.29, 0.717) is 92.5 Å². The molecule has 0 amide bonds. The number of methoxy groups -OCH3 is 3. The van der Waals surface area contributed by atoms with Gasteiger partial charge in [0.2, 0.25) is 0 Å². The Morgan fingerprint density at radius 3 is 0.906 bits per heavy atom. The molecular weight excluding hydrogens is 692 g/mol. The van der Waals surface area contributed by atoms with Gasteiger partial charge < -0.3 is 56.8 Å². The Morgan fingerprint density at radius 1 is 0.377 bits per heavy atom. The summed E-state index contributed by atoms with van der Waals surface area (Å²) in [6.07, 6.45) is -0.0193. The topological polar surface area (TPSA) is 145 Å². The Hall–Kier alpha value is -1.46. The molecule has 0 aromatic rings. The number of carbonyl (C=O) groups excluding carboxylic acids is 2. The highest BCUT2D eigenvalue weighted by atomic mass is 16.6. The zero-order valence-corrected chi connectivity index (χ0v) is 36.3. The molecule has 0 heterocycles. The smallest absolute Gasteiger partial charge is 0.332 e. The molecular formula is C39H80O14.